The molecule has 2 heterocycles. The molecule has 0 N–H and O–H groups in total. The van der Waals surface area contributed by atoms with Crippen LogP contribution in [0, 0.1) is 0 Å². The number of carbonyl (C=O) groups excluding carboxylic acids is 1. The number of rotatable bonds is 8. The third-order valence-electron chi connectivity index (χ3n) is 6.34. The van der Waals surface area contributed by atoms with Crippen molar-refractivity contribution < 1.29 is 14.3 Å². The van der Waals surface area contributed by atoms with Crippen molar-refractivity contribution in [3.8, 4) is 5.75 Å². The van der Waals surface area contributed by atoms with Crippen molar-refractivity contribution in [2.45, 2.75) is 33.7 Å². The van der Waals surface area contributed by atoms with Crippen molar-refractivity contribution in [1.29, 1.82) is 0 Å². The molecule has 0 bridgehead atoms. The molecule has 0 fully saturated rings. The second-order valence-corrected chi connectivity index (χ2v) is 9.90. The molecule has 0 saturated heterocycles. The minimum atomic E-state index is -0.679. The number of fused-ring (bicyclic) bond motifs is 1. The number of hydrogen-bond donors (Lipinski definition) is 0. The van der Waals surface area contributed by atoms with Crippen LogP contribution in [0.4, 0.5) is 5.69 Å². The minimum absolute atomic E-state index is 0.219. The Bertz CT molecular complexity index is 1520. The van der Waals surface area contributed by atoms with E-state index in [1.165, 1.54) is 11.3 Å². The van der Waals surface area contributed by atoms with Crippen molar-refractivity contribution in [3.05, 3.63) is 89.6 Å². The SMILES string of the molecule is CCOC(=O)C1=C(C)N=c2s/c(=C/c3ccc(N(CC)CC)cc3OC)c(=O)n2[C@@H]1c1ccc(Cl)cc1. The van der Waals surface area contributed by atoms with E-state index in [4.69, 9.17) is 21.1 Å². The Kier molecular flexibility index (Phi) is 8.19. The number of methoxy groups -OCH3 is 1. The number of hydrogen-bond acceptors (Lipinski definition) is 7. The Balaban J connectivity index is 1.90. The number of esters is 1. The fourth-order valence-corrected chi connectivity index (χ4v) is 5.66. The van der Waals surface area contributed by atoms with Crippen LogP contribution in [0.5, 0.6) is 5.75 Å². The molecule has 0 amide bonds. The molecule has 0 aliphatic carbocycles. The molecule has 1 atom stereocenters. The molecular weight excluding hydrogens is 510 g/mol. The van der Waals surface area contributed by atoms with Gasteiger partial charge in [-0.15, -0.1) is 0 Å². The van der Waals surface area contributed by atoms with Gasteiger partial charge in [0.05, 0.1) is 35.6 Å². The number of aromatic nitrogens is 1. The van der Waals surface area contributed by atoms with Gasteiger partial charge in [0.15, 0.2) is 4.80 Å². The maximum absolute atomic E-state index is 13.8. The summed E-state index contributed by atoms with van der Waals surface area (Å²) in [5.41, 5.74) is 3.20. The van der Waals surface area contributed by atoms with E-state index in [0.29, 0.717) is 31.4 Å². The Labute approximate surface area is 224 Å². The summed E-state index contributed by atoms with van der Waals surface area (Å²) in [5.74, 6) is 0.180. The molecule has 4 rings (SSSR count). The van der Waals surface area contributed by atoms with Crippen LogP contribution in [0.2, 0.25) is 5.02 Å². The Morgan fingerprint density at radius 3 is 2.49 bits per heavy atom. The lowest BCUT2D eigenvalue weighted by Crippen LogP contribution is -2.39. The summed E-state index contributed by atoms with van der Waals surface area (Å²) < 4.78 is 13.1. The van der Waals surface area contributed by atoms with Gasteiger partial charge in [-0.2, -0.15) is 0 Å². The van der Waals surface area contributed by atoms with E-state index < -0.39 is 12.0 Å². The highest BCUT2D eigenvalue weighted by Crippen LogP contribution is 2.31. The molecule has 0 radical (unpaired) electrons. The summed E-state index contributed by atoms with van der Waals surface area (Å²) in [7, 11) is 1.62. The van der Waals surface area contributed by atoms with Gasteiger partial charge in [0.25, 0.3) is 5.56 Å². The zero-order chi connectivity index (χ0) is 26.7. The number of allylic oxidation sites excluding steroid dienone is 1. The average Bonchev–Trinajstić information content (AvgIpc) is 3.19. The summed E-state index contributed by atoms with van der Waals surface area (Å²) in [4.78, 5) is 34.2. The van der Waals surface area contributed by atoms with Crippen molar-refractivity contribution in [2.24, 2.45) is 4.99 Å². The summed E-state index contributed by atoms with van der Waals surface area (Å²) >= 11 is 7.40. The Morgan fingerprint density at radius 2 is 1.86 bits per heavy atom. The summed E-state index contributed by atoms with van der Waals surface area (Å²) in [6.45, 7) is 9.70. The number of anilines is 1. The fraction of sp³-hybridized carbons (Fsp3) is 0.321. The van der Waals surface area contributed by atoms with E-state index in [2.05, 4.69) is 23.7 Å². The maximum atomic E-state index is 13.8. The molecule has 2 aromatic carbocycles. The molecule has 194 valence electrons. The normalized spacial score (nSPS) is 15.3. The second-order valence-electron chi connectivity index (χ2n) is 8.45. The van der Waals surface area contributed by atoms with Crippen LogP contribution in [0.1, 0.15) is 44.9 Å². The topological polar surface area (TPSA) is 73.1 Å². The van der Waals surface area contributed by atoms with Crippen LogP contribution in [-0.2, 0) is 9.53 Å². The van der Waals surface area contributed by atoms with E-state index >= 15 is 0 Å². The van der Waals surface area contributed by atoms with Gasteiger partial charge in [-0.25, -0.2) is 9.79 Å². The quantitative estimate of drug-likeness (QED) is 0.399. The van der Waals surface area contributed by atoms with E-state index in [9.17, 15) is 9.59 Å². The monoisotopic (exact) mass is 539 g/mol. The van der Waals surface area contributed by atoms with Gasteiger partial charge in [0, 0.05) is 35.4 Å². The first-order valence-electron chi connectivity index (χ1n) is 12.2. The minimum Gasteiger partial charge on any atom is -0.496 e. The largest absolute Gasteiger partial charge is 0.496 e. The molecule has 1 aromatic heterocycles. The smallest absolute Gasteiger partial charge is 0.338 e. The van der Waals surface area contributed by atoms with Gasteiger partial charge in [0.2, 0.25) is 0 Å². The number of thiazole rings is 1. The molecule has 7 nitrogen and oxygen atoms in total. The van der Waals surface area contributed by atoms with Gasteiger partial charge in [-0.3, -0.25) is 9.36 Å². The summed E-state index contributed by atoms with van der Waals surface area (Å²) in [5, 5.41) is 0.565. The van der Waals surface area contributed by atoms with E-state index in [1.54, 1.807) is 37.7 Å². The van der Waals surface area contributed by atoms with E-state index in [1.807, 2.05) is 36.4 Å². The first kappa shape index (κ1) is 26.7. The molecular formula is C28H30ClN3O4S. The highest BCUT2D eigenvalue weighted by atomic mass is 35.5. The molecule has 9 heteroatoms. The lowest BCUT2D eigenvalue weighted by atomic mass is 9.96. The summed E-state index contributed by atoms with van der Waals surface area (Å²) in [6.07, 6.45) is 1.82. The molecule has 3 aromatic rings. The van der Waals surface area contributed by atoms with Gasteiger partial charge < -0.3 is 14.4 Å². The lowest BCUT2D eigenvalue weighted by molar-refractivity contribution is -0.139. The van der Waals surface area contributed by atoms with Crippen molar-refractivity contribution in [3.63, 3.8) is 0 Å². The van der Waals surface area contributed by atoms with Crippen molar-refractivity contribution in [1.82, 2.24) is 4.57 Å². The lowest BCUT2D eigenvalue weighted by Gasteiger charge is -2.24. The fourth-order valence-electron chi connectivity index (χ4n) is 4.50. The van der Waals surface area contributed by atoms with Gasteiger partial charge in [-0.1, -0.05) is 35.1 Å². The van der Waals surface area contributed by atoms with E-state index in [-0.39, 0.29) is 12.2 Å². The molecule has 0 saturated carbocycles. The first-order chi connectivity index (χ1) is 17.8. The molecule has 0 unspecified atom stereocenters. The molecule has 1 aliphatic heterocycles. The number of ether oxygens (including phenoxy) is 2. The van der Waals surface area contributed by atoms with Crippen LogP contribution >= 0.6 is 22.9 Å². The maximum Gasteiger partial charge on any atom is 0.338 e. The van der Waals surface area contributed by atoms with Crippen molar-refractivity contribution in [2.75, 3.05) is 31.7 Å². The number of nitrogens with zero attached hydrogens (tertiary/aromatic N) is 3. The third kappa shape index (κ3) is 5.22. The molecule has 37 heavy (non-hydrogen) atoms. The number of halogens is 1. The zero-order valence-electron chi connectivity index (χ0n) is 21.6. The molecule has 0 spiro atoms. The van der Waals surface area contributed by atoms with Gasteiger partial charge in [0.1, 0.15) is 5.75 Å². The third-order valence-corrected chi connectivity index (χ3v) is 7.57. The standard InChI is InChI=1S/C28H30ClN3O4S/c1-6-31(7-2)21-14-11-19(22(16-21)35-5)15-23-26(33)32-25(18-9-12-20(29)13-10-18)24(27(34)36-8-3)17(4)30-28(32)37-23/h9-16,25H,6-8H2,1-5H3/b23-15+/t25-/m1/s1. The first-order valence-corrected chi connectivity index (χ1v) is 13.4. The highest BCUT2D eigenvalue weighted by Gasteiger charge is 2.33. The molecule has 1 aliphatic rings. The summed E-state index contributed by atoms with van der Waals surface area (Å²) in [6, 6.07) is 12.4. The van der Waals surface area contributed by atoms with Gasteiger partial charge in [-0.05, 0) is 63.6 Å². The van der Waals surface area contributed by atoms with Gasteiger partial charge >= 0.3 is 5.97 Å². The van der Waals surface area contributed by atoms with Crippen LogP contribution in [-0.4, -0.2) is 37.3 Å². The van der Waals surface area contributed by atoms with Crippen LogP contribution in [0.25, 0.3) is 6.08 Å². The Morgan fingerprint density at radius 1 is 1.16 bits per heavy atom. The highest BCUT2D eigenvalue weighted by molar-refractivity contribution is 7.07. The van der Waals surface area contributed by atoms with E-state index in [0.717, 1.165) is 29.9 Å². The second kappa shape index (κ2) is 11.4. The van der Waals surface area contributed by atoms with Crippen molar-refractivity contribution >= 4 is 40.7 Å². The number of benzene rings is 2. The zero-order valence-corrected chi connectivity index (χ0v) is 23.2. The van der Waals surface area contributed by atoms with Crippen LogP contribution < -0.4 is 24.5 Å². The number of carbonyl (C=O) groups is 1. The average molecular weight is 540 g/mol. The van der Waals surface area contributed by atoms with Crippen LogP contribution in [0.15, 0.2) is 63.5 Å². The van der Waals surface area contributed by atoms with Crippen LogP contribution in [0.3, 0.4) is 0 Å². The predicted octanol–water partition coefficient (Wildman–Crippen LogP) is 4.31. The predicted molar refractivity (Wildman–Crippen MR) is 148 cm³/mol. The Hall–Kier alpha value is -3.36.